The van der Waals surface area contributed by atoms with E-state index in [-0.39, 0.29) is 25.1 Å². The molecule has 2 aromatic rings. The molecule has 3 heterocycles. The Morgan fingerprint density at radius 1 is 1.35 bits per heavy atom. The van der Waals surface area contributed by atoms with Gasteiger partial charge >= 0.3 is 6.03 Å². The van der Waals surface area contributed by atoms with Crippen molar-refractivity contribution in [2.75, 3.05) is 18.5 Å². The third kappa shape index (κ3) is 1.75. The van der Waals surface area contributed by atoms with Crippen molar-refractivity contribution < 1.29 is 14.7 Å². The van der Waals surface area contributed by atoms with Crippen molar-refractivity contribution in [2.24, 2.45) is 0 Å². The highest BCUT2D eigenvalue weighted by atomic mass is 16.3. The van der Waals surface area contributed by atoms with Gasteiger partial charge in [-0.2, -0.15) is 0 Å². The van der Waals surface area contributed by atoms with Crippen LogP contribution in [0.15, 0.2) is 18.5 Å². The van der Waals surface area contributed by atoms with E-state index >= 15 is 0 Å². The topological polar surface area (TPSA) is 78.2 Å². The van der Waals surface area contributed by atoms with Gasteiger partial charge in [-0.25, -0.2) is 9.78 Å². The Morgan fingerprint density at radius 2 is 2.10 bits per heavy atom. The standard InChI is InChI=1S/C13H14N4O3/c1-8-3-10(17-6-11(19)15(2)13(17)20)12-14-9(7-18)5-16(12)4-8/h3-5,18H,6-7H2,1-2H3. The van der Waals surface area contributed by atoms with Gasteiger partial charge in [-0.1, -0.05) is 0 Å². The number of likely N-dealkylation sites (N-methyl/N-ethyl adjacent to an activating group) is 1. The Balaban J connectivity index is 2.18. The van der Waals surface area contributed by atoms with E-state index < -0.39 is 0 Å². The lowest BCUT2D eigenvalue weighted by molar-refractivity contribution is -0.123. The van der Waals surface area contributed by atoms with Crippen molar-refractivity contribution in [1.82, 2.24) is 14.3 Å². The van der Waals surface area contributed by atoms with Gasteiger partial charge in [0.1, 0.15) is 6.54 Å². The Morgan fingerprint density at radius 3 is 2.70 bits per heavy atom. The summed E-state index contributed by atoms with van der Waals surface area (Å²) in [5.41, 5.74) is 2.58. The normalized spacial score (nSPS) is 15.8. The molecule has 1 aliphatic rings. The maximum Gasteiger partial charge on any atom is 0.331 e. The van der Waals surface area contributed by atoms with Crippen molar-refractivity contribution in [2.45, 2.75) is 13.5 Å². The fourth-order valence-corrected chi connectivity index (χ4v) is 2.33. The second-order valence-electron chi connectivity index (χ2n) is 4.85. The molecule has 0 saturated carbocycles. The Labute approximate surface area is 115 Å². The number of imide groups is 1. The number of imidazole rings is 1. The number of amides is 3. The van der Waals surface area contributed by atoms with E-state index in [1.54, 1.807) is 10.6 Å². The summed E-state index contributed by atoms with van der Waals surface area (Å²) in [6, 6.07) is 1.45. The van der Waals surface area contributed by atoms with Gasteiger partial charge < -0.3 is 9.51 Å². The molecule has 104 valence electrons. The number of rotatable bonds is 2. The molecule has 2 aromatic heterocycles. The van der Waals surface area contributed by atoms with E-state index in [0.717, 1.165) is 10.5 Å². The van der Waals surface area contributed by atoms with E-state index in [2.05, 4.69) is 4.98 Å². The zero-order valence-electron chi connectivity index (χ0n) is 11.2. The van der Waals surface area contributed by atoms with Crippen LogP contribution < -0.4 is 4.90 Å². The molecule has 1 fully saturated rings. The van der Waals surface area contributed by atoms with Crippen molar-refractivity contribution in [1.29, 1.82) is 0 Å². The largest absolute Gasteiger partial charge is 0.390 e. The number of aromatic nitrogens is 2. The molecule has 0 radical (unpaired) electrons. The molecule has 0 unspecified atom stereocenters. The molecule has 0 spiro atoms. The zero-order chi connectivity index (χ0) is 14.4. The lowest BCUT2D eigenvalue weighted by Gasteiger charge is -2.16. The van der Waals surface area contributed by atoms with Crippen LogP contribution >= 0.6 is 0 Å². The smallest absolute Gasteiger partial charge is 0.331 e. The molecule has 0 atom stereocenters. The average Bonchev–Trinajstić information content (AvgIpc) is 2.94. The second kappa shape index (κ2) is 4.31. The van der Waals surface area contributed by atoms with E-state index in [9.17, 15) is 14.7 Å². The summed E-state index contributed by atoms with van der Waals surface area (Å²) in [5, 5.41) is 9.18. The number of aliphatic hydroxyl groups is 1. The van der Waals surface area contributed by atoms with Gasteiger partial charge in [-0.3, -0.25) is 14.6 Å². The number of carbonyl (C=O) groups is 2. The third-order valence-electron chi connectivity index (χ3n) is 3.36. The highest BCUT2D eigenvalue weighted by molar-refractivity contribution is 6.13. The first-order chi connectivity index (χ1) is 9.51. The minimum atomic E-state index is -0.365. The van der Waals surface area contributed by atoms with Crippen LogP contribution in [0.4, 0.5) is 10.5 Å². The number of aliphatic hydroxyl groups excluding tert-OH is 1. The summed E-state index contributed by atoms with van der Waals surface area (Å²) in [6.07, 6.45) is 3.56. The van der Waals surface area contributed by atoms with E-state index in [0.29, 0.717) is 17.0 Å². The molecule has 20 heavy (non-hydrogen) atoms. The zero-order valence-corrected chi connectivity index (χ0v) is 11.2. The summed E-state index contributed by atoms with van der Waals surface area (Å²) >= 11 is 0. The van der Waals surface area contributed by atoms with Gasteiger partial charge in [0.25, 0.3) is 0 Å². The summed E-state index contributed by atoms with van der Waals surface area (Å²) in [4.78, 5) is 30.5. The molecule has 3 amide bonds. The number of nitrogens with zero attached hydrogens (tertiary/aromatic N) is 4. The van der Waals surface area contributed by atoms with Gasteiger partial charge in [0.15, 0.2) is 5.65 Å². The summed E-state index contributed by atoms with van der Waals surface area (Å²) < 4.78 is 1.76. The molecular formula is C13H14N4O3. The van der Waals surface area contributed by atoms with Gasteiger partial charge in [0, 0.05) is 19.4 Å². The molecule has 0 aliphatic carbocycles. The highest BCUT2D eigenvalue weighted by Gasteiger charge is 2.35. The molecule has 1 N–H and O–H groups in total. The van der Waals surface area contributed by atoms with Gasteiger partial charge in [-0.15, -0.1) is 0 Å². The van der Waals surface area contributed by atoms with E-state index in [1.165, 1.54) is 11.9 Å². The van der Waals surface area contributed by atoms with Crippen LogP contribution in [0.2, 0.25) is 0 Å². The minimum absolute atomic E-state index is 0.00969. The number of hydrogen-bond donors (Lipinski definition) is 1. The molecule has 7 nitrogen and oxygen atoms in total. The third-order valence-corrected chi connectivity index (χ3v) is 3.36. The Bertz CT molecular complexity index is 722. The monoisotopic (exact) mass is 274 g/mol. The highest BCUT2D eigenvalue weighted by Crippen LogP contribution is 2.26. The lowest BCUT2D eigenvalue weighted by Crippen LogP contribution is -2.30. The SMILES string of the molecule is Cc1cc(N2CC(=O)N(C)C2=O)c2nc(CO)cn2c1. The molecule has 7 heteroatoms. The predicted octanol–water partition coefficient (Wildman–Crippen LogP) is 0.533. The Hall–Kier alpha value is -2.41. The number of urea groups is 1. The van der Waals surface area contributed by atoms with Crippen LogP contribution in [0.5, 0.6) is 0 Å². The number of anilines is 1. The van der Waals surface area contributed by atoms with Crippen molar-refractivity contribution >= 4 is 23.3 Å². The van der Waals surface area contributed by atoms with Gasteiger partial charge in [0.2, 0.25) is 5.91 Å². The molecule has 0 aromatic carbocycles. The van der Waals surface area contributed by atoms with Crippen LogP contribution in [0, 0.1) is 6.92 Å². The second-order valence-corrected chi connectivity index (χ2v) is 4.85. The quantitative estimate of drug-likeness (QED) is 0.810. The lowest BCUT2D eigenvalue weighted by atomic mass is 10.2. The van der Waals surface area contributed by atoms with Gasteiger partial charge in [-0.05, 0) is 18.6 Å². The molecule has 0 bridgehead atoms. The molecule has 3 rings (SSSR count). The fraction of sp³-hybridized carbons (Fsp3) is 0.308. The number of carbonyl (C=O) groups excluding carboxylic acids is 2. The summed E-state index contributed by atoms with van der Waals surface area (Å²) in [7, 11) is 1.46. The first kappa shape index (κ1) is 12.6. The number of aryl methyl sites for hydroxylation is 1. The first-order valence-corrected chi connectivity index (χ1v) is 6.18. The average molecular weight is 274 g/mol. The Kier molecular flexibility index (Phi) is 2.72. The number of fused-ring (bicyclic) bond motifs is 1. The maximum atomic E-state index is 12.1. The van der Waals surface area contributed by atoms with Gasteiger partial charge in [0.05, 0.1) is 18.0 Å². The van der Waals surface area contributed by atoms with Crippen LogP contribution in [0.3, 0.4) is 0 Å². The number of pyridine rings is 1. The number of hydrogen-bond acceptors (Lipinski definition) is 4. The molecular weight excluding hydrogens is 260 g/mol. The van der Waals surface area contributed by atoms with Crippen LogP contribution in [0.25, 0.3) is 5.65 Å². The van der Waals surface area contributed by atoms with Crippen molar-refractivity contribution in [3.8, 4) is 0 Å². The summed E-state index contributed by atoms with van der Waals surface area (Å²) in [5.74, 6) is -0.247. The van der Waals surface area contributed by atoms with Crippen LogP contribution in [0.1, 0.15) is 11.3 Å². The first-order valence-electron chi connectivity index (χ1n) is 6.18. The van der Waals surface area contributed by atoms with E-state index in [1.807, 2.05) is 19.2 Å². The molecule has 1 saturated heterocycles. The van der Waals surface area contributed by atoms with Crippen LogP contribution in [-0.2, 0) is 11.4 Å². The van der Waals surface area contributed by atoms with Crippen LogP contribution in [-0.4, -0.2) is 44.9 Å². The minimum Gasteiger partial charge on any atom is -0.390 e. The van der Waals surface area contributed by atoms with E-state index in [4.69, 9.17) is 0 Å². The molecule has 1 aliphatic heterocycles. The fourth-order valence-electron chi connectivity index (χ4n) is 2.33. The maximum absolute atomic E-state index is 12.1. The summed E-state index contributed by atoms with van der Waals surface area (Å²) in [6.45, 7) is 1.73. The van der Waals surface area contributed by atoms with Crippen molar-refractivity contribution in [3.63, 3.8) is 0 Å². The van der Waals surface area contributed by atoms with Crippen molar-refractivity contribution in [3.05, 3.63) is 29.7 Å². The predicted molar refractivity (Wildman–Crippen MR) is 71.4 cm³/mol.